The van der Waals surface area contributed by atoms with Crippen molar-refractivity contribution in [3.63, 3.8) is 0 Å². The van der Waals surface area contributed by atoms with E-state index in [9.17, 15) is 4.79 Å². The number of benzene rings is 2. The van der Waals surface area contributed by atoms with Gasteiger partial charge in [0, 0.05) is 4.47 Å². The van der Waals surface area contributed by atoms with Gasteiger partial charge in [0.05, 0.1) is 6.04 Å². The molecule has 1 aliphatic carbocycles. The van der Waals surface area contributed by atoms with Gasteiger partial charge in [-0.05, 0) is 61.6 Å². The second kappa shape index (κ2) is 7.18. The Balaban J connectivity index is 1.64. The van der Waals surface area contributed by atoms with Crippen LogP contribution in [-0.2, 0) is 11.2 Å². The van der Waals surface area contributed by atoms with E-state index in [1.54, 1.807) is 6.92 Å². The summed E-state index contributed by atoms with van der Waals surface area (Å²) in [5.74, 6) is 0.620. The summed E-state index contributed by atoms with van der Waals surface area (Å²) in [4.78, 5) is 12.4. The Morgan fingerprint density at radius 1 is 1.22 bits per heavy atom. The van der Waals surface area contributed by atoms with E-state index in [4.69, 9.17) is 4.74 Å². The van der Waals surface area contributed by atoms with Crippen LogP contribution in [0.2, 0.25) is 0 Å². The summed E-state index contributed by atoms with van der Waals surface area (Å²) in [6, 6.07) is 15.9. The summed E-state index contributed by atoms with van der Waals surface area (Å²) in [7, 11) is 0. The summed E-state index contributed by atoms with van der Waals surface area (Å²) < 4.78 is 6.71. The van der Waals surface area contributed by atoms with E-state index in [1.165, 1.54) is 11.1 Å². The highest BCUT2D eigenvalue weighted by molar-refractivity contribution is 9.10. The molecule has 0 radical (unpaired) electrons. The predicted molar refractivity (Wildman–Crippen MR) is 94.5 cm³/mol. The van der Waals surface area contributed by atoms with E-state index in [0.717, 1.165) is 23.7 Å². The highest BCUT2D eigenvalue weighted by Crippen LogP contribution is 2.29. The molecule has 2 atom stereocenters. The highest BCUT2D eigenvalue weighted by atomic mass is 79.9. The van der Waals surface area contributed by atoms with Crippen molar-refractivity contribution in [2.75, 3.05) is 0 Å². The van der Waals surface area contributed by atoms with Gasteiger partial charge in [-0.2, -0.15) is 0 Å². The van der Waals surface area contributed by atoms with Crippen LogP contribution in [0.15, 0.2) is 53.0 Å². The number of carbonyl (C=O) groups excluding carboxylic acids is 1. The molecule has 1 amide bonds. The molecule has 0 fully saturated rings. The molecule has 3 rings (SSSR count). The van der Waals surface area contributed by atoms with Gasteiger partial charge in [0.25, 0.3) is 5.91 Å². The zero-order chi connectivity index (χ0) is 16.2. The Labute approximate surface area is 145 Å². The van der Waals surface area contributed by atoms with Crippen LogP contribution < -0.4 is 10.1 Å². The van der Waals surface area contributed by atoms with Gasteiger partial charge in [-0.3, -0.25) is 4.79 Å². The lowest BCUT2D eigenvalue weighted by Crippen LogP contribution is -2.39. The topological polar surface area (TPSA) is 38.3 Å². The van der Waals surface area contributed by atoms with Crippen molar-refractivity contribution in [1.82, 2.24) is 5.32 Å². The Kier molecular flexibility index (Phi) is 5.01. The molecule has 1 N–H and O–H groups in total. The summed E-state index contributed by atoms with van der Waals surface area (Å²) in [5, 5.41) is 3.13. The average molecular weight is 374 g/mol. The van der Waals surface area contributed by atoms with E-state index >= 15 is 0 Å². The second-order valence-electron chi connectivity index (χ2n) is 5.87. The molecule has 23 heavy (non-hydrogen) atoms. The van der Waals surface area contributed by atoms with Crippen LogP contribution >= 0.6 is 15.9 Å². The third-order valence-corrected chi connectivity index (χ3v) is 4.71. The van der Waals surface area contributed by atoms with Crippen LogP contribution in [-0.4, -0.2) is 12.0 Å². The number of fused-ring (bicyclic) bond motifs is 1. The molecule has 0 bridgehead atoms. The van der Waals surface area contributed by atoms with Crippen LogP contribution in [0.5, 0.6) is 5.75 Å². The van der Waals surface area contributed by atoms with Crippen molar-refractivity contribution < 1.29 is 9.53 Å². The molecule has 0 unspecified atom stereocenters. The predicted octanol–water partition coefficient (Wildman–Crippen LogP) is 4.41. The third-order valence-electron chi connectivity index (χ3n) is 4.18. The first-order valence-corrected chi connectivity index (χ1v) is 8.73. The van der Waals surface area contributed by atoms with Gasteiger partial charge in [-0.25, -0.2) is 0 Å². The Morgan fingerprint density at radius 3 is 2.74 bits per heavy atom. The Hall–Kier alpha value is -1.81. The van der Waals surface area contributed by atoms with Crippen LogP contribution in [0.4, 0.5) is 0 Å². The Morgan fingerprint density at radius 2 is 1.96 bits per heavy atom. The molecule has 0 saturated carbocycles. The number of halogens is 1. The lowest BCUT2D eigenvalue weighted by molar-refractivity contribution is -0.128. The van der Waals surface area contributed by atoms with Gasteiger partial charge < -0.3 is 10.1 Å². The van der Waals surface area contributed by atoms with Crippen molar-refractivity contribution in [2.45, 2.75) is 38.3 Å². The Bertz CT molecular complexity index is 684. The maximum absolute atomic E-state index is 12.4. The zero-order valence-corrected chi connectivity index (χ0v) is 14.7. The smallest absolute Gasteiger partial charge is 0.261 e. The van der Waals surface area contributed by atoms with E-state index < -0.39 is 6.10 Å². The number of hydrogen-bond donors (Lipinski definition) is 1. The first-order chi connectivity index (χ1) is 11.1. The maximum atomic E-state index is 12.4. The molecular formula is C19H20BrNO2. The molecular weight excluding hydrogens is 354 g/mol. The van der Waals surface area contributed by atoms with Crippen molar-refractivity contribution in [1.29, 1.82) is 0 Å². The second-order valence-corrected chi connectivity index (χ2v) is 6.78. The largest absolute Gasteiger partial charge is 0.481 e. The van der Waals surface area contributed by atoms with Gasteiger partial charge in [0.2, 0.25) is 0 Å². The van der Waals surface area contributed by atoms with Crippen LogP contribution in [0.25, 0.3) is 0 Å². The van der Waals surface area contributed by atoms with Gasteiger partial charge in [0.15, 0.2) is 6.10 Å². The number of carbonyl (C=O) groups is 1. The van der Waals surface area contributed by atoms with E-state index in [0.29, 0.717) is 5.75 Å². The molecule has 120 valence electrons. The maximum Gasteiger partial charge on any atom is 0.261 e. The third kappa shape index (κ3) is 3.94. The normalized spacial score (nSPS) is 17.9. The molecule has 2 aromatic rings. The molecule has 3 nitrogen and oxygen atoms in total. The zero-order valence-electron chi connectivity index (χ0n) is 13.1. The standard InChI is InChI=1S/C19H20BrNO2/c1-13(23-16-11-9-15(20)10-12-16)19(22)21-18-8-4-6-14-5-2-3-7-17(14)18/h2-3,5,7,9-13,18H,4,6,8H2,1H3,(H,21,22)/t13-,18+/m1/s1. The minimum absolute atomic E-state index is 0.0744. The molecule has 2 aromatic carbocycles. The summed E-state index contributed by atoms with van der Waals surface area (Å²) >= 11 is 3.39. The lowest BCUT2D eigenvalue weighted by atomic mass is 9.87. The number of nitrogens with one attached hydrogen (secondary N) is 1. The van der Waals surface area contributed by atoms with Gasteiger partial charge in [-0.15, -0.1) is 0 Å². The van der Waals surface area contributed by atoms with Crippen molar-refractivity contribution in [3.05, 3.63) is 64.1 Å². The summed E-state index contributed by atoms with van der Waals surface area (Å²) in [6.45, 7) is 1.78. The molecule has 0 spiro atoms. The van der Waals surface area contributed by atoms with Crippen molar-refractivity contribution in [3.8, 4) is 5.75 Å². The summed E-state index contributed by atoms with van der Waals surface area (Å²) in [5.41, 5.74) is 2.58. The molecule has 0 aromatic heterocycles. The SMILES string of the molecule is C[C@@H](Oc1ccc(Br)cc1)C(=O)N[C@H]1CCCc2ccccc21. The molecule has 4 heteroatoms. The van der Waals surface area contributed by atoms with Crippen LogP contribution in [0.3, 0.4) is 0 Å². The van der Waals surface area contributed by atoms with Gasteiger partial charge in [0.1, 0.15) is 5.75 Å². The first kappa shape index (κ1) is 16.1. The minimum Gasteiger partial charge on any atom is -0.481 e. The molecule has 0 heterocycles. The highest BCUT2D eigenvalue weighted by Gasteiger charge is 2.24. The fourth-order valence-electron chi connectivity index (χ4n) is 2.96. The number of aryl methyl sites for hydroxylation is 1. The molecule has 0 saturated heterocycles. The number of amides is 1. The van der Waals surface area contributed by atoms with Crippen molar-refractivity contribution >= 4 is 21.8 Å². The molecule has 0 aliphatic heterocycles. The lowest BCUT2D eigenvalue weighted by Gasteiger charge is -2.27. The van der Waals surface area contributed by atoms with E-state index in [1.807, 2.05) is 30.3 Å². The van der Waals surface area contributed by atoms with Crippen molar-refractivity contribution in [2.24, 2.45) is 0 Å². The van der Waals surface area contributed by atoms with Crippen LogP contribution in [0, 0.1) is 0 Å². The van der Waals surface area contributed by atoms with E-state index in [-0.39, 0.29) is 11.9 Å². The minimum atomic E-state index is -0.523. The molecule has 1 aliphatic rings. The summed E-state index contributed by atoms with van der Waals surface area (Å²) in [6.07, 6.45) is 2.65. The monoisotopic (exact) mass is 373 g/mol. The average Bonchev–Trinajstić information content (AvgIpc) is 2.57. The fourth-order valence-corrected chi connectivity index (χ4v) is 3.23. The number of rotatable bonds is 4. The van der Waals surface area contributed by atoms with Crippen LogP contribution in [0.1, 0.15) is 36.9 Å². The number of hydrogen-bond acceptors (Lipinski definition) is 2. The van der Waals surface area contributed by atoms with E-state index in [2.05, 4.69) is 39.4 Å². The number of ether oxygens (including phenoxy) is 1. The fraction of sp³-hybridized carbons (Fsp3) is 0.316. The van der Waals surface area contributed by atoms with Gasteiger partial charge >= 0.3 is 0 Å². The van der Waals surface area contributed by atoms with Gasteiger partial charge in [-0.1, -0.05) is 40.2 Å². The first-order valence-electron chi connectivity index (χ1n) is 7.94. The quantitative estimate of drug-likeness (QED) is 0.861.